The topological polar surface area (TPSA) is 67.4 Å². The minimum Gasteiger partial charge on any atom is -0.462 e. The van der Waals surface area contributed by atoms with E-state index in [2.05, 4.69) is 22.8 Å². The number of ether oxygens (including phenoxy) is 1. The minimum atomic E-state index is -0.366. The van der Waals surface area contributed by atoms with Gasteiger partial charge in [0.15, 0.2) is 0 Å². The summed E-state index contributed by atoms with van der Waals surface area (Å²) in [7, 11) is 0. The normalized spacial score (nSPS) is 10.0. The van der Waals surface area contributed by atoms with Crippen molar-refractivity contribution in [2.24, 2.45) is 0 Å². The van der Waals surface area contributed by atoms with Crippen molar-refractivity contribution < 1.29 is 14.3 Å². The first kappa shape index (κ1) is 17.5. The molecule has 0 aliphatic heterocycles. The van der Waals surface area contributed by atoms with Gasteiger partial charge < -0.3 is 15.4 Å². The molecule has 0 radical (unpaired) electrons. The fourth-order valence-electron chi connectivity index (χ4n) is 2.22. The van der Waals surface area contributed by atoms with E-state index in [-0.39, 0.29) is 12.0 Å². The molecule has 2 aromatic carbocycles. The second-order valence-electron chi connectivity index (χ2n) is 5.27. The molecule has 2 amide bonds. The van der Waals surface area contributed by atoms with E-state index < -0.39 is 0 Å². The van der Waals surface area contributed by atoms with Gasteiger partial charge in [0, 0.05) is 12.2 Å². The third-order valence-corrected chi connectivity index (χ3v) is 3.42. The summed E-state index contributed by atoms with van der Waals surface area (Å²) in [5, 5.41) is 5.55. The van der Waals surface area contributed by atoms with Crippen LogP contribution in [0.25, 0.3) is 0 Å². The third kappa shape index (κ3) is 5.76. The molecule has 0 aliphatic rings. The molecule has 0 aromatic heterocycles. The fraction of sp³-hybridized carbons (Fsp3) is 0.263. The molecule has 5 nitrogen and oxygen atoms in total. The van der Waals surface area contributed by atoms with E-state index in [0.29, 0.717) is 24.4 Å². The van der Waals surface area contributed by atoms with Gasteiger partial charge in [-0.25, -0.2) is 9.59 Å². The van der Waals surface area contributed by atoms with Crippen molar-refractivity contribution in [3.63, 3.8) is 0 Å². The quantitative estimate of drug-likeness (QED) is 0.603. The summed E-state index contributed by atoms with van der Waals surface area (Å²) >= 11 is 0. The highest BCUT2D eigenvalue weighted by Gasteiger charge is 2.06. The van der Waals surface area contributed by atoms with Crippen LogP contribution in [0.1, 0.15) is 29.3 Å². The summed E-state index contributed by atoms with van der Waals surface area (Å²) < 4.78 is 4.91. The van der Waals surface area contributed by atoms with E-state index in [1.54, 1.807) is 31.2 Å². The summed E-state index contributed by atoms with van der Waals surface area (Å²) in [5.41, 5.74) is 2.35. The maximum atomic E-state index is 11.8. The van der Waals surface area contributed by atoms with Gasteiger partial charge in [0.2, 0.25) is 0 Å². The number of carbonyl (C=O) groups is 2. The standard InChI is InChI=1S/C19H22N2O3/c1-2-24-18(22)16-10-12-17(13-11-16)21-19(23)20-14-6-9-15-7-4-3-5-8-15/h3-5,7-8,10-13H,2,6,9,14H2,1H3,(H2,20,21,23). The summed E-state index contributed by atoms with van der Waals surface area (Å²) in [6.07, 6.45) is 1.80. The Hall–Kier alpha value is -2.82. The first-order valence-corrected chi connectivity index (χ1v) is 8.05. The van der Waals surface area contributed by atoms with Gasteiger partial charge in [-0.05, 0) is 49.6 Å². The Bertz CT molecular complexity index is 654. The molecule has 5 heteroatoms. The van der Waals surface area contributed by atoms with Gasteiger partial charge in [-0.15, -0.1) is 0 Å². The SMILES string of the molecule is CCOC(=O)c1ccc(NC(=O)NCCCc2ccccc2)cc1. The Labute approximate surface area is 142 Å². The van der Waals surface area contributed by atoms with Crippen LogP contribution in [0, 0.1) is 0 Å². The first-order chi connectivity index (χ1) is 11.7. The summed E-state index contributed by atoms with van der Waals surface area (Å²) in [6.45, 7) is 2.70. The third-order valence-electron chi connectivity index (χ3n) is 3.42. The van der Waals surface area contributed by atoms with Crippen LogP contribution in [0.3, 0.4) is 0 Å². The summed E-state index contributed by atoms with van der Waals surface area (Å²) in [5.74, 6) is -0.366. The molecule has 0 heterocycles. The average molecular weight is 326 g/mol. The Kier molecular flexibility index (Phi) is 6.83. The van der Waals surface area contributed by atoms with Crippen molar-refractivity contribution in [1.29, 1.82) is 0 Å². The molecule has 0 unspecified atom stereocenters. The monoisotopic (exact) mass is 326 g/mol. The number of anilines is 1. The zero-order valence-electron chi connectivity index (χ0n) is 13.7. The van der Waals surface area contributed by atoms with Crippen LogP contribution >= 0.6 is 0 Å². The molecule has 126 valence electrons. The van der Waals surface area contributed by atoms with E-state index in [1.165, 1.54) is 5.56 Å². The van der Waals surface area contributed by atoms with Crippen molar-refractivity contribution in [3.8, 4) is 0 Å². The molecular formula is C19H22N2O3. The lowest BCUT2D eigenvalue weighted by Crippen LogP contribution is -2.29. The highest BCUT2D eigenvalue weighted by Crippen LogP contribution is 2.10. The summed E-state index contributed by atoms with van der Waals surface area (Å²) in [6, 6.07) is 16.5. The van der Waals surface area contributed by atoms with Crippen LogP contribution in [0.5, 0.6) is 0 Å². The van der Waals surface area contributed by atoms with Crippen LogP contribution in [0.4, 0.5) is 10.5 Å². The summed E-state index contributed by atoms with van der Waals surface area (Å²) in [4.78, 5) is 23.4. The molecule has 2 aromatic rings. The molecule has 0 saturated heterocycles. The number of carbonyl (C=O) groups excluding carboxylic acids is 2. The van der Waals surface area contributed by atoms with E-state index in [1.807, 2.05) is 18.2 Å². The van der Waals surface area contributed by atoms with Gasteiger partial charge in [-0.1, -0.05) is 30.3 Å². The van der Waals surface area contributed by atoms with Crippen molar-refractivity contribution >= 4 is 17.7 Å². The number of urea groups is 1. The smallest absolute Gasteiger partial charge is 0.338 e. The van der Waals surface area contributed by atoms with E-state index >= 15 is 0 Å². The highest BCUT2D eigenvalue weighted by molar-refractivity contribution is 5.92. The molecule has 24 heavy (non-hydrogen) atoms. The predicted octanol–water partition coefficient (Wildman–Crippen LogP) is 3.62. The van der Waals surface area contributed by atoms with E-state index in [9.17, 15) is 9.59 Å². The molecule has 2 N–H and O–H groups in total. The van der Waals surface area contributed by atoms with Crippen molar-refractivity contribution in [2.45, 2.75) is 19.8 Å². The number of aryl methyl sites for hydroxylation is 1. The number of hydrogen-bond donors (Lipinski definition) is 2. The van der Waals surface area contributed by atoms with Gasteiger partial charge >= 0.3 is 12.0 Å². The first-order valence-electron chi connectivity index (χ1n) is 8.05. The van der Waals surface area contributed by atoms with Gasteiger partial charge in [-0.2, -0.15) is 0 Å². The van der Waals surface area contributed by atoms with Crippen LogP contribution in [-0.4, -0.2) is 25.2 Å². The second kappa shape index (κ2) is 9.35. The van der Waals surface area contributed by atoms with E-state index in [4.69, 9.17) is 4.74 Å². The molecule has 0 aliphatic carbocycles. The number of amides is 2. The van der Waals surface area contributed by atoms with Crippen LogP contribution in [-0.2, 0) is 11.2 Å². The Morgan fingerprint density at radius 2 is 1.71 bits per heavy atom. The van der Waals surface area contributed by atoms with Crippen LogP contribution in [0.15, 0.2) is 54.6 Å². The number of nitrogens with one attached hydrogen (secondary N) is 2. The lowest BCUT2D eigenvalue weighted by Gasteiger charge is -2.08. The fourth-order valence-corrected chi connectivity index (χ4v) is 2.22. The lowest BCUT2D eigenvalue weighted by molar-refractivity contribution is 0.0526. The Morgan fingerprint density at radius 1 is 1.00 bits per heavy atom. The minimum absolute atomic E-state index is 0.257. The average Bonchev–Trinajstić information content (AvgIpc) is 2.60. The predicted molar refractivity (Wildman–Crippen MR) is 94.2 cm³/mol. The molecular weight excluding hydrogens is 304 g/mol. The maximum absolute atomic E-state index is 11.8. The van der Waals surface area contributed by atoms with Crippen molar-refractivity contribution in [1.82, 2.24) is 5.32 Å². The zero-order chi connectivity index (χ0) is 17.2. The molecule has 0 saturated carbocycles. The number of rotatable bonds is 7. The van der Waals surface area contributed by atoms with Gasteiger partial charge in [0.05, 0.1) is 12.2 Å². The second-order valence-corrected chi connectivity index (χ2v) is 5.27. The van der Waals surface area contributed by atoms with Crippen LogP contribution in [0.2, 0.25) is 0 Å². The number of benzene rings is 2. The molecule has 0 bridgehead atoms. The van der Waals surface area contributed by atoms with Crippen molar-refractivity contribution in [3.05, 3.63) is 65.7 Å². The Morgan fingerprint density at radius 3 is 2.38 bits per heavy atom. The van der Waals surface area contributed by atoms with Gasteiger partial charge in [0.1, 0.15) is 0 Å². The highest BCUT2D eigenvalue weighted by atomic mass is 16.5. The van der Waals surface area contributed by atoms with Gasteiger partial charge in [0.25, 0.3) is 0 Å². The molecule has 0 atom stereocenters. The van der Waals surface area contributed by atoms with Crippen molar-refractivity contribution in [2.75, 3.05) is 18.5 Å². The zero-order valence-corrected chi connectivity index (χ0v) is 13.7. The maximum Gasteiger partial charge on any atom is 0.338 e. The number of esters is 1. The molecule has 0 spiro atoms. The Balaban J connectivity index is 1.71. The van der Waals surface area contributed by atoms with Crippen LogP contribution < -0.4 is 10.6 Å². The number of hydrogen-bond acceptors (Lipinski definition) is 3. The lowest BCUT2D eigenvalue weighted by atomic mass is 10.1. The molecule has 0 fully saturated rings. The van der Waals surface area contributed by atoms with Gasteiger partial charge in [-0.3, -0.25) is 0 Å². The largest absolute Gasteiger partial charge is 0.462 e. The molecule has 2 rings (SSSR count). The van der Waals surface area contributed by atoms with E-state index in [0.717, 1.165) is 12.8 Å².